The van der Waals surface area contributed by atoms with Crippen molar-refractivity contribution in [1.82, 2.24) is 4.98 Å². The van der Waals surface area contributed by atoms with Gasteiger partial charge in [0.05, 0.1) is 11.2 Å². The number of nitrogens with zero attached hydrogens (tertiary/aromatic N) is 1. The molecule has 0 atom stereocenters. The van der Waals surface area contributed by atoms with Crippen molar-refractivity contribution < 1.29 is 0 Å². The second kappa shape index (κ2) is 3.24. The van der Waals surface area contributed by atoms with Crippen molar-refractivity contribution in [3.63, 3.8) is 0 Å². The SMILES string of the molecule is O=c1ccc2cc3c(cc2[nH]1)N=CCS3. The van der Waals surface area contributed by atoms with Crippen molar-refractivity contribution >= 4 is 34.6 Å². The number of rotatable bonds is 0. The fourth-order valence-electron chi connectivity index (χ4n) is 1.65. The number of hydrogen-bond acceptors (Lipinski definition) is 3. The van der Waals surface area contributed by atoms with Crippen LogP contribution < -0.4 is 5.56 Å². The molecule has 1 aliphatic rings. The standard InChI is InChI=1S/C11H8N2OS/c14-11-2-1-7-5-10-9(6-8(7)13-11)12-3-4-15-10/h1-3,5-6H,4H2,(H,13,14). The van der Waals surface area contributed by atoms with Crippen LogP contribution in [0.3, 0.4) is 0 Å². The van der Waals surface area contributed by atoms with E-state index in [1.54, 1.807) is 17.8 Å². The number of aromatic amines is 1. The predicted octanol–water partition coefficient (Wildman–Crippen LogP) is 2.34. The van der Waals surface area contributed by atoms with E-state index in [9.17, 15) is 4.79 Å². The number of fused-ring (bicyclic) bond motifs is 2. The summed E-state index contributed by atoms with van der Waals surface area (Å²) in [4.78, 5) is 19.4. The van der Waals surface area contributed by atoms with E-state index < -0.39 is 0 Å². The summed E-state index contributed by atoms with van der Waals surface area (Å²) in [6.45, 7) is 0. The van der Waals surface area contributed by atoms with Gasteiger partial charge in [-0.15, -0.1) is 11.8 Å². The third-order valence-electron chi connectivity index (χ3n) is 2.35. The number of H-pyrrole nitrogens is 1. The molecule has 3 rings (SSSR count). The average molecular weight is 216 g/mol. The Morgan fingerprint density at radius 3 is 3.20 bits per heavy atom. The third kappa shape index (κ3) is 1.47. The molecule has 1 N–H and O–H groups in total. The highest BCUT2D eigenvalue weighted by molar-refractivity contribution is 8.00. The smallest absolute Gasteiger partial charge is 0.248 e. The van der Waals surface area contributed by atoms with E-state index in [-0.39, 0.29) is 5.56 Å². The van der Waals surface area contributed by atoms with Crippen LogP contribution >= 0.6 is 11.8 Å². The second-order valence-electron chi connectivity index (χ2n) is 3.35. The van der Waals surface area contributed by atoms with Gasteiger partial charge < -0.3 is 4.98 Å². The topological polar surface area (TPSA) is 45.2 Å². The normalized spacial score (nSPS) is 14.1. The van der Waals surface area contributed by atoms with Crippen molar-refractivity contribution in [1.29, 1.82) is 0 Å². The van der Waals surface area contributed by atoms with Gasteiger partial charge in [0.2, 0.25) is 5.56 Å². The van der Waals surface area contributed by atoms with Crippen molar-refractivity contribution in [2.75, 3.05) is 5.75 Å². The molecular weight excluding hydrogens is 208 g/mol. The zero-order chi connectivity index (χ0) is 10.3. The molecule has 2 heterocycles. The summed E-state index contributed by atoms with van der Waals surface area (Å²) in [5.41, 5.74) is 1.72. The molecule has 0 fully saturated rings. The molecule has 2 aromatic rings. The molecule has 3 nitrogen and oxygen atoms in total. The van der Waals surface area contributed by atoms with Gasteiger partial charge in [0.25, 0.3) is 0 Å². The summed E-state index contributed by atoms with van der Waals surface area (Å²) >= 11 is 1.77. The van der Waals surface area contributed by atoms with E-state index in [4.69, 9.17) is 0 Å². The average Bonchev–Trinajstić information content (AvgIpc) is 2.26. The third-order valence-corrected chi connectivity index (χ3v) is 3.30. The molecule has 74 valence electrons. The maximum Gasteiger partial charge on any atom is 0.248 e. The van der Waals surface area contributed by atoms with Crippen LogP contribution in [-0.4, -0.2) is 17.0 Å². The van der Waals surface area contributed by atoms with Gasteiger partial charge in [-0.1, -0.05) is 0 Å². The highest BCUT2D eigenvalue weighted by Crippen LogP contribution is 2.34. The summed E-state index contributed by atoms with van der Waals surface area (Å²) in [7, 11) is 0. The van der Waals surface area contributed by atoms with Gasteiger partial charge in [-0.05, 0) is 23.6 Å². The Balaban J connectivity index is 2.36. The molecule has 4 heteroatoms. The highest BCUT2D eigenvalue weighted by Gasteiger charge is 2.07. The van der Waals surface area contributed by atoms with E-state index >= 15 is 0 Å². The predicted molar refractivity (Wildman–Crippen MR) is 63.4 cm³/mol. The zero-order valence-electron chi connectivity index (χ0n) is 7.86. The minimum absolute atomic E-state index is 0.0742. The molecule has 1 aromatic carbocycles. The molecule has 0 aliphatic carbocycles. The Morgan fingerprint density at radius 2 is 2.27 bits per heavy atom. The summed E-state index contributed by atoms with van der Waals surface area (Å²) in [5, 5.41) is 1.05. The number of aromatic nitrogens is 1. The van der Waals surface area contributed by atoms with E-state index in [0.717, 1.165) is 22.3 Å². The van der Waals surface area contributed by atoms with Crippen LogP contribution in [0.2, 0.25) is 0 Å². The van der Waals surface area contributed by atoms with Crippen molar-refractivity contribution in [3.05, 3.63) is 34.6 Å². The molecule has 0 amide bonds. The lowest BCUT2D eigenvalue weighted by Gasteiger charge is -2.09. The van der Waals surface area contributed by atoms with Crippen molar-refractivity contribution in [3.8, 4) is 0 Å². The molecular formula is C11H8N2OS. The van der Waals surface area contributed by atoms with Gasteiger partial charge in [0.15, 0.2) is 0 Å². The summed E-state index contributed by atoms with van der Waals surface area (Å²) in [6.07, 6.45) is 1.89. The van der Waals surface area contributed by atoms with Crippen LogP contribution in [0.1, 0.15) is 0 Å². The highest BCUT2D eigenvalue weighted by atomic mass is 32.2. The number of pyridine rings is 1. The molecule has 0 saturated heterocycles. The van der Waals surface area contributed by atoms with E-state index in [0.29, 0.717) is 0 Å². The maximum absolute atomic E-state index is 11.2. The van der Waals surface area contributed by atoms with Crippen LogP contribution in [-0.2, 0) is 0 Å². The maximum atomic E-state index is 11.2. The lowest BCUT2D eigenvalue weighted by atomic mass is 10.2. The lowest BCUT2D eigenvalue weighted by Crippen LogP contribution is -2.02. The van der Waals surface area contributed by atoms with Gasteiger partial charge in [-0.3, -0.25) is 9.79 Å². The van der Waals surface area contributed by atoms with Gasteiger partial charge >= 0.3 is 0 Å². The number of benzene rings is 1. The van der Waals surface area contributed by atoms with Crippen LogP contribution in [0.15, 0.2) is 38.9 Å². The molecule has 0 saturated carbocycles. The quantitative estimate of drug-likeness (QED) is 0.734. The first kappa shape index (κ1) is 8.73. The van der Waals surface area contributed by atoms with Crippen molar-refractivity contribution in [2.24, 2.45) is 4.99 Å². The van der Waals surface area contributed by atoms with E-state index in [1.807, 2.05) is 18.3 Å². The monoisotopic (exact) mass is 216 g/mol. The second-order valence-corrected chi connectivity index (χ2v) is 4.41. The molecule has 0 unspecified atom stereocenters. The first-order valence-electron chi connectivity index (χ1n) is 4.65. The summed E-state index contributed by atoms with van der Waals surface area (Å²) < 4.78 is 0. The number of nitrogens with one attached hydrogen (secondary N) is 1. The fraction of sp³-hybridized carbons (Fsp3) is 0.0909. The fourth-order valence-corrected chi connectivity index (χ4v) is 2.45. The zero-order valence-corrected chi connectivity index (χ0v) is 8.67. The van der Waals surface area contributed by atoms with E-state index in [2.05, 4.69) is 16.0 Å². The Labute approximate surface area is 90.2 Å². The van der Waals surface area contributed by atoms with Gasteiger partial charge in [-0.25, -0.2) is 0 Å². The van der Waals surface area contributed by atoms with Crippen LogP contribution in [0.5, 0.6) is 0 Å². The Hall–Kier alpha value is -1.55. The number of thioether (sulfide) groups is 1. The first-order valence-corrected chi connectivity index (χ1v) is 5.64. The molecule has 0 spiro atoms. The summed E-state index contributed by atoms with van der Waals surface area (Å²) in [6, 6.07) is 7.38. The van der Waals surface area contributed by atoms with Gasteiger partial charge in [0, 0.05) is 22.9 Å². The van der Waals surface area contributed by atoms with Gasteiger partial charge in [-0.2, -0.15) is 0 Å². The Kier molecular flexibility index (Phi) is 1.89. The summed E-state index contributed by atoms with van der Waals surface area (Å²) in [5.74, 6) is 0.919. The Bertz CT molecular complexity index is 616. The largest absolute Gasteiger partial charge is 0.322 e. The minimum atomic E-state index is -0.0742. The number of aliphatic imine (C=N–C) groups is 1. The Morgan fingerprint density at radius 1 is 1.33 bits per heavy atom. The van der Waals surface area contributed by atoms with Crippen LogP contribution in [0.4, 0.5) is 5.69 Å². The molecule has 0 radical (unpaired) electrons. The van der Waals surface area contributed by atoms with Crippen molar-refractivity contribution in [2.45, 2.75) is 4.90 Å². The minimum Gasteiger partial charge on any atom is -0.322 e. The molecule has 1 aliphatic heterocycles. The lowest BCUT2D eigenvalue weighted by molar-refractivity contribution is 1.29. The first-order chi connectivity index (χ1) is 7.33. The number of hydrogen-bond donors (Lipinski definition) is 1. The molecule has 0 bridgehead atoms. The van der Waals surface area contributed by atoms with Crippen LogP contribution in [0.25, 0.3) is 10.9 Å². The molecule has 15 heavy (non-hydrogen) atoms. The molecule has 1 aromatic heterocycles. The van der Waals surface area contributed by atoms with Crippen LogP contribution in [0, 0.1) is 0 Å². The van der Waals surface area contributed by atoms with E-state index in [1.165, 1.54) is 4.90 Å². The van der Waals surface area contributed by atoms with Gasteiger partial charge in [0.1, 0.15) is 0 Å².